The molecule has 14 heavy (non-hydrogen) atoms. The van der Waals surface area contributed by atoms with Gasteiger partial charge in [0.15, 0.2) is 0 Å². The Bertz CT molecular complexity index is 216. The van der Waals surface area contributed by atoms with Gasteiger partial charge in [-0.3, -0.25) is 0 Å². The van der Waals surface area contributed by atoms with Crippen molar-refractivity contribution in [3.05, 3.63) is 0 Å². The quantitative estimate of drug-likeness (QED) is 0.713. The average molecular weight is 195 g/mol. The maximum Gasteiger partial charge on any atom is 0.00966 e. The van der Waals surface area contributed by atoms with Gasteiger partial charge in [0.1, 0.15) is 0 Å². The molecule has 0 aromatic rings. The van der Waals surface area contributed by atoms with E-state index >= 15 is 0 Å². The minimum Gasteiger partial charge on any atom is -0.312 e. The Hall–Kier alpha value is -0.0400. The third-order valence-electron chi connectivity index (χ3n) is 4.42. The van der Waals surface area contributed by atoms with Crippen molar-refractivity contribution in [1.82, 2.24) is 5.32 Å². The van der Waals surface area contributed by atoms with Crippen LogP contribution in [-0.2, 0) is 0 Å². The molecule has 2 rings (SSSR count). The lowest BCUT2D eigenvalue weighted by molar-refractivity contribution is 0.329. The zero-order valence-electron chi connectivity index (χ0n) is 10.2. The van der Waals surface area contributed by atoms with Gasteiger partial charge in [-0.1, -0.05) is 19.8 Å². The first-order valence-electron chi connectivity index (χ1n) is 6.19. The standard InChI is InChI=1S/C13H25N/c1-10-6-5-7-13(10)8-11(13)9-14-12(2,3)4/h10-11,14H,5-9H2,1-4H3. The molecule has 1 spiro atoms. The van der Waals surface area contributed by atoms with Crippen LogP contribution in [0.4, 0.5) is 0 Å². The Morgan fingerprint density at radius 1 is 1.36 bits per heavy atom. The molecular formula is C13H25N. The zero-order chi connectivity index (χ0) is 10.4. The second kappa shape index (κ2) is 3.23. The summed E-state index contributed by atoms with van der Waals surface area (Å²) in [6.07, 6.45) is 5.96. The van der Waals surface area contributed by atoms with Crippen LogP contribution in [0.2, 0.25) is 0 Å². The van der Waals surface area contributed by atoms with Crippen molar-refractivity contribution in [1.29, 1.82) is 0 Å². The van der Waals surface area contributed by atoms with E-state index in [0.29, 0.717) is 5.54 Å². The third kappa shape index (κ3) is 1.84. The molecule has 82 valence electrons. The molecule has 0 saturated heterocycles. The molecule has 0 aromatic carbocycles. The largest absolute Gasteiger partial charge is 0.312 e. The van der Waals surface area contributed by atoms with Gasteiger partial charge >= 0.3 is 0 Å². The van der Waals surface area contributed by atoms with Gasteiger partial charge in [-0.15, -0.1) is 0 Å². The van der Waals surface area contributed by atoms with E-state index < -0.39 is 0 Å². The Morgan fingerprint density at radius 3 is 2.57 bits per heavy atom. The average Bonchev–Trinajstić information content (AvgIpc) is 2.63. The van der Waals surface area contributed by atoms with Gasteiger partial charge in [-0.05, 0) is 57.4 Å². The number of hydrogen-bond acceptors (Lipinski definition) is 1. The molecule has 2 saturated carbocycles. The van der Waals surface area contributed by atoms with E-state index in [-0.39, 0.29) is 0 Å². The molecule has 0 aromatic heterocycles. The zero-order valence-corrected chi connectivity index (χ0v) is 10.2. The van der Waals surface area contributed by atoms with E-state index in [1.165, 1.54) is 32.2 Å². The maximum atomic E-state index is 3.66. The van der Waals surface area contributed by atoms with Crippen LogP contribution in [0.15, 0.2) is 0 Å². The normalized spacial score (nSPS) is 42.0. The summed E-state index contributed by atoms with van der Waals surface area (Å²) in [4.78, 5) is 0. The maximum absolute atomic E-state index is 3.66. The lowest BCUT2D eigenvalue weighted by Crippen LogP contribution is -2.38. The smallest absolute Gasteiger partial charge is 0.00966 e. The first kappa shape index (κ1) is 10.5. The number of rotatable bonds is 2. The summed E-state index contributed by atoms with van der Waals surface area (Å²) in [7, 11) is 0. The fourth-order valence-corrected chi connectivity index (χ4v) is 3.29. The van der Waals surface area contributed by atoms with Gasteiger partial charge in [-0.2, -0.15) is 0 Å². The Kier molecular flexibility index (Phi) is 2.42. The van der Waals surface area contributed by atoms with Gasteiger partial charge in [-0.25, -0.2) is 0 Å². The molecule has 0 aliphatic heterocycles. The van der Waals surface area contributed by atoms with Gasteiger partial charge in [0.05, 0.1) is 0 Å². The lowest BCUT2D eigenvalue weighted by Gasteiger charge is -2.22. The van der Waals surface area contributed by atoms with Crippen molar-refractivity contribution in [2.75, 3.05) is 6.54 Å². The predicted octanol–water partition coefficient (Wildman–Crippen LogP) is 3.20. The molecule has 1 N–H and O–H groups in total. The van der Waals surface area contributed by atoms with Crippen LogP contribution in [-0.4, -0.2) is 12.1 Å². The minimum atomic E-state index is 0.297. The van der Waals surface area contributed by atoms with Gasteiger partial charge in [0.2, 0.25) is 0 Å². The molecule has 2 fully saturated rings. The topological polar surface area (TPSA) is 12.0 Å². The van der Waals surface area contributed by atoms with Crippen LogP contribution in [0, 0.1) is 17.3 Å². The number of nitrogens with one attached hydrogen (secondary N) is 1. The summed E-state index contributed by atoms with van der Waals surface area (Å²) in [5, 5.41) is 3.66. The highest BCUT2D eigenvalue weighted by atomic mass is 15.0. The van der Waals surface area contributed by atoms with Crippen LogP contribution in [0.5, 0.6) is 0 Å². The van der Waals surface area contributed by atoms with Crippen molar-refractivity contribution in [2.45, 2.75) is 58.9 Å². The Balaban J connectivity index is 1.81. The Morgan fingerprint density at radius 2 is 2.07 bits per heavy atom. The molecule has 1 heteroatoms. The Labute approximate surface area is 88.7 Å². The van der Waals surface area contributed by atoms with E-state index in [0.717, 1.165) is 17.3 Å². The van der Waals surface area contributed by atoms with E-state index in [2.05, 4.69) is 33.0 Å². The minimum absolute atomic E-state index is 0.297. The highest BCUT2D eigenvalue weighted by Gasteiger charge is 2.58. The summed E-state index contributed by atoms with van der Waals surface area (Å²) in [6, 6.07) is 0. The fraction of sp³-hybridized carbons (Fsp3) is 1.00. The fourth-order valence-electron chi connectivity index (χ4n) is 3.29. The summed E-state index contributed by atoms with van der Waals surface area (Å²) in [5.41, 5.74) is 1.07. The van der Waals surface area contributed by atoms with Crippen LogP contribution >= 0.6 is 0 Å². The van der Waals surface area contributed by atoms with Crippen LogP contribution in [0.3, 0.4) is 0 Å². The predicted molar refractivity (Wildman–Crippen MR) is 61.3 cm³/mol. The van der Waals surface area contributed by atoms with E-state index in [9.17, 15) is 0 Å². The van der Waals surface area contributed by atoms with Crippen molar-refractivity contribution in [2.24, 2.45) is 17.3 Å². The summed E-state index contributed by atoms with van der Waals surface area (Å²) >= 11 is 0. The monoisotopic (exact) mass is 195 g/mol. The van der Waals surface area contributed by atoms with E-state index in [1.807, 2.05) is 0 Å². The molecule has 1 nitrogen and oxygen atoms in total. The highest BCUT2D eigenvalue weighted by molar-refractivity contribution is 5.08. The van der Waals surface area contributed by atoms with Crippen LogP contribution < -0.4 is 5.32 Å². The van der Waals surface area contributed by atoms with Crippen LogP contribution in [0.1, 0.15) is 53.4 Å². The molecular weight excluding hydrogens is 170 g/mol. The van der Waals surface area contributed by atoms with Gasteiger partial charge < -0.3 is 5.32 Å². The van der Waals surface area contributed by atoms with Crippen LogP contribution in [0.25, 0.3) is 0 Å². The first-order chi connectivity index (χ1) is 6.44. The molecule has 0 amide bonds. The second-order valence-corrected chi connectivity index (χ2v) is 6.56. The first-order valence-corrected chi connectivity index (χ1v) is 6.19. The van der Waals surface area contributed by atoms with E-state index in [4.69, 9.17) is 0 Å². The van der Waals surface area contributed by atoms with E-state index in [1.54, 1.807) is 0 Å². The molecule has 0 bridgehead atoms. The highest BCUT2D eigenvalue weighted by Crippen LogP contribution is 2.65. The molecule has 2 aliphatic carbocycles. The third-order valence-corrected chi connectivity index (χ3v) is 4.42. The molecule has 3 atom stereocenters. The number of hydrogen-bond donors (Lipinski definition) is 1. The molecule has 3 unspecified atom stereocenters. The summed E-state index contributed by atoms with van der Waals surface area (Å²) in [5.74, 6) is 1.98. The SMILES string of the molecule is CC1CCCC12CC2CNC(C)(C)C. The van der Waals surface area contributed by atoms with Crippen molar-refractivity contribution < 1.29 is 0 Å². The summed E-state index contributed by atoms with van der Waals surface area (Å²) in [6.45, 7) is 10.5. The second-order valence-electron chi connectivity index (χ2n) is 6.56. The van der Waals surface area contributed by atoms with Crippen molar-refractivity contribution >= 4 is 0 Å². The molecule has 0 heterocycles. The van der Waals surface area contributed by atoms with Gasteiger partial charge in [0.25, 0.3) is 0 Å². The lowest BCUT2D eigenvalue weighted by atomic mass is 9.92. The van der Waals surface area contributed by atoms with Gasteiger partial charge in [0, 0.05) is 5.54 Å². The molecule has 2 aliphatic rings. The van der Waals surface area contributed by atoms with Crippen molar-refractivity contribution in [3.8, 4) is 0 Å². The van der Waals surface area contributed by atoms with Crippen molar-refractivity contribution in [3.63, 3.8) is 0 Å². The summed E-state index contributed by atoms with van der Waals surface area (Å²) < 4.78 is 0. The molecule has 0 radical (unpaired) electrons.